The van der Waals surface area contributed by atoms with Crippen molar-refractivity contribution in [1.29, 1.82) is 0 Å². The Kier molecular flexibility index (Phi) is 5.43. The maximum absolute atomic E-state index is 12.6. The quantitative estimate of drug-likeness (QED) is 0.849. The smallest absolute Gasteiger partial charge is 0.323 e. The molecular formula is C17H22N2O5. The van der Waals surface area contributed by atoms with Gasteiger partial charge in [0.25, 0.3) is 0 Å². The number of carbonyl (C=O) groups is 3. The summed E-state index contributed by atoms with van der Waals surface area (Å²) in [6.07, 6.45) is 0.0910. The van der Waals surface area contributed by atoms with Crippen LogP contribution < -0.4 is 9.64 Å². The lowest BCUT2D eigenvalue weighted by molar-refractivity contribution is -0.147. The van der Waals surface area contributed by atoms with Crippen LogP contribution in [0.4, 0.5) is 5.69 Å². The minimum Gasteiger partial charge on any atom is -0.497 e. The molecule has 1 aromatic rings. The normalized spacial score (nSPS) is 17.2. The Balaban J connectivity index is 2.12. The van der Waals surface area contributed by atoms with Crippen LogP contribution in [0.15, 0.2) is 24.3 Å². The van der Waals surface area contributed by atoms with E-state index in [0.717, 1.165) is 0 Å². The van der Waals surface area contributed by atoms with Crippen LogP contribution in [-0.4, -0.2) is 54.0 Å². The van der Waals surface area contributed by atoms with Gasteiger partial charge < -0.3 is 19.6 Å². The summed E-state index contributed by atoms with van der Waals surface area (Å²) in [6.45, 7) is 3.42. The molecule has 1 unspecified atom stereocenters. The molecule has 7 heteroatoms. The van der Waals surface area contributed by atoms with Crippen molar-refractivity contribution in [3.63, 3.8) is 0 Å². The second-order valence-electron chi connectivity index (χ2n) is 6.06. The number of ether oxygens (including phenoxy) is 1. The third kappa shape index (κ3) is 3.84. The maximum atomic E-state index is 12.6. The molecule has 1 fully saturated rings. The van der Waals surface area contributed by atoms with E-state index in [-0.39, 0.29) is 37.4 Å². The number of carbonyl (C=O) groups excluding carboxylic acids is 2. The molecule has 24 heavy (non-hydrogen) atoms. The van der Waals surface area contributed by atoms with Crippen molar-refractivity contribution in [3.05, 3.63) is 24.3 Å². The number of benzene rings is 1. The van der Waals surface area contributed by atoms with Crippen molar-refractivity contribution >= 4 is 23.5 Å². The molecule has 1 aliphatic heterocycles. The SMILES string of the molecule is COc1ccc(N2CC(C(=O)N(CC(=O)O)C(C)C)CC2=O)cc1. The average Bonchev–Trinajstić information content (AvgIpc) is 2.93. The van der Waals surface area contributed by atoms with Crippen LogP contribution in [0.1, 0.15) is 20.3 Å². The van der Waals surface area contributed by atoms with Crippen LogP contribution >= 0.6 is 0 Å². The van der Waals surface area contributed by atoms with E-state index < -0.39 is 11.9 Å². The van der Waals surface area contributed by atoms with E-state index in [9.17, 15) is 14.4 Å². The second-order valence-corrected chi connectivity index (χ2v) is 6.06. The third-order valence-electron chi connectivity index (χ3n) is 4.07. The Bertz CT molecular complexity index is 626. The van der Waals surface area contributed by atoms with E-state index in [1.165, 1.54) is 4.90 Å². The number of carboxylic acids is 1. The van der Waals surface area contributed by atoms with Gasteiger partial charge in [0.05, 0.1) is 13.0 Å². The minimum absolute atomic E-state index is 0.0910. The molecule has 130 valence electrons. The number of amides is 2. The monoisotopic (exact) mass is 334 g/mol. The predicted molar refractivity (Wildman–Crippen MR) is 87.9 cm³/mol. The van der Waals surface area contributed by atoms with Gasteiger partial charge in [-0.2, -0.15) is 0 Å². The Labute approximate surface area is 140 Å². The summed E-state index contributed by atoms with van der Waals surface area (Å²) >= 11 is 0. The Morgan fingerprint density at radius 3 is 2.46 bits per heavy atom. The highest BCUT2D eigenvalue weighted by Gasteiger charge is 2.38. The van der Waals surface area contributed by atoms with Gasteiger partial charge in [0.1, 0.15) is 12.3 Å². The molecular weight excluding hydrogens is 312 g/mol. The molecule has 2 amide bonds. The predicted octanol–water partition coefficient (Wildman–Crippen LogP) is 1.37. The highest BCUT2D eigenvalue weighted by molar-refractivity contribution is 6.00. The van der Waals surface area contributed by atoms with Gasteiger partial charge in [-0.15, -0.1) is 0 Å². The van der Waals surface area contributed by atoms with E-state index in [4.69, 9.17) is 9.84 Å². The maximum Gasteiger partial charge on any atom is 0.323 e. The molecule has 0 aromatic heterocycles. The summed E-state index contributed by atoms with van der Waals surface area (Å²) in [5, 5.41) is 8.97. The van der Waals surface area contributed by atoms with E-state index in [1.807, 2.05) is 0 Å². The zero-order valence-corrected chi connectivity index (χ0v) is 14.1. The largest absolute Gasteiger partial charge is 0.497 e. The lowest BCUT2D eigenvalue weighted by Crippen LogP contribution is -2.44. The Hall–Kier alpha value is -2.57. The fourth-order valence-corrected chi connectivity index (χ4v) is 2.78. The van der Waals surface area contributed by atoms with Crippen LogP contribution in [0.3, 0.4) is 0 Å². The molecule has 1 N–H and O–H groups in total. The minimum atomic E-state index is -1.06. The highest BCUT2D eigenvalue weighted by atomic mass is 16.5. The van der Waals surface area contributed by atoms with E-state index in [1.54, 1.807) is 50.1 Å². The van der Waals surface area contributed by atoms with Crippen LogP contribution in [0.5, 0.6) is 5.75 Å². The summed E-state index contributed by atoms with van der Waals surface area (Å²) < 4.78 is 5.09. The summed E-state index contributed by atoms with van der Waals surface area (Å²) in [4.78, 5) is 38.7. The Morgan fingerprint density at radius 2 is 1.96 bits per heavy atom. The topological polar surface area (TPSA) is 87.2 Å². The van der Waals surface area contributed by atoms with Crippen molar-refractivity contribution in [1.82, 2.24) is 4.90 Å². The number of anilines is 1. The fourth-order valence-electron chi connectivity index (χ4n) is 2.78. The van der Waals surface area contributed by atoms with Crippen molar-refractivity contribution in [2.45, 2.75) is 26.3 Å². The van der Waals surface area contributed by atoms with Gasteiger partial charge in [-0.25, -0.2) is 0 Å². The van der Waals surface area contributed by atoms with Crippen LogP contribution in [0.2, 0.25) is 0 Å². The molecule has 0 saturated carbocycles. The molecule has 2 rings (SSSR count). The van der Waals surface area contributed by atoms with E-state index in [2.05, 4.69) is 0 Å². The number of carboxylic acid groups (broad SMARTS) is 1. The van der Waals surface area contributed by atoms with Gasteiger partial charge in [-0.1, -0.05) is 0 Å². The third-order valence-corrected chi connectivity index (χ3v) is 4.07. The summed E-state index contributed by atoms with van der Waals surface area (Å²) in [5.74, 6) is -1.34. The lowest BCUT2D eigenvalue weighted by Gasteiger charge is -2.27. The first-order valence-corrected chi connectivity index (χ1v) is 7.80. The van der Waals surface area contributed by atoms with Gasteiger partial charge in [0, 0.05) is 24.7 Å². The molecule has 1 saturated heterocycles. The fraction of sp³-hybridized carbons (Fsp3) is 0.471. The molecule has 0 spiro atoms. The van der Waals surface area contributed by atoms with Gasteiger partial charge >= 0.3 is 5.97 Å². The van der Waals surface area contributed by atoms with Crippen LogP contribution in [0.25, 0.3) is 0 Å². The number of aliphatic carboxylic acids is 1. The average molecular weight is 334 g/mol. The standard InChI is InChI=1S/C17H22N2O5/c1-11(2)18(10-16(21)22)17(23)12-8-15(20)19(9-12)13-4-6-14(24-3)7-5-13/h4-7,11-12H,8-10H2,1-3H3,(H,21,22). The van der Waals surface area contributed by atoms with E-state index >= 15 is 0 Å². The van der Waals surface area contributed by atoms with Crippen molar-refractivity contribution in [3.8, 4) is 5.75 Å². The summed E-state index contributed by atoms with van der Waals surface area (Å²) in [6, 6.07) is 6.80. The lowest BCUT2D eigenvalue weighted by atomic mass is 10.1. The number of hydrogen-bond donors (Lipinski definition) is 1. The van der Waals surface area contributed by atoms with Gasteiger partial charge in [-0.3, -0.25) is 14.4 Å². The Morgan fingerprint density at radius 1 is 1.33 bits per heavy atom. The van der Waals surface area contributed by atoms with E-state index in [0.29, 0.717) is 11.4 Å². The van der Waals surface area contributed by atoms with Gasteiger partial charge in [0.2, 0.25) is 11.8 Å². The van der Waals surface area contributed by atoms with Crippen molar-refractivity contribution < 1.29 is 24.2 Å². The van der Waals surface area contributed by atoms with Crippen molar-refractivity contribution in [2.75, 3.05) is 25.1 Å². The van der Waals surface area contributed by atoms with Crippen molar-refractivity contribution in [2.24, 2.45) is 5.92 Å². The summed E-state index contributed by atoms with van der Waals surface area (Å²) in [7, 11) is 1.56. The molecule has 0 radical (unpaired) electrons. The molecule has 0 aliphatic carbocycles. The highest BCUT2D eigenvalue weighted by Crippen LogP contribution is 2.28. The molecule has 0 bridgehead atoms. The molecule has 1 aromatic carbocycles. The number of nitrogens with zero attached hydrogens (tertiary/aromatic N) is 2. The molecule has 7 nitrogen and oxygen atoms in total. The van der Waals surface area contributed by atoms with Crippen LogP contribution in [-0.2, 0) is 14.4 Å². The van der Waals surface area contributed by atoms with Gasteiger partial charge in [0.15, 0.2) is 0 Å². The first kappa shape index (κ1) is 17.8. The van der Waals surface area contributed by atoms with Crippen LogP contribution in [0, 0.1) is 5.92 Å². The molecule has 1 heterocycles. The molecule has 1 aliphatic rings. The first-order valence-electron chi connectivity index (χ1n) is 7.80. The zero-order chi connectivity index (χ0) is 17.9. The number of rotatable bonds is 6. The second kappa shape index (κ2) is 7.33. The molecule has 1 atom stereocenters. The number of hydrogen-bond acceptors (Lipinski definition) is 4. The zero-order valence-electron chi connectivity index (χ0n) is 14.1. The summed E-state index contributed by atoms with van der Waals surface area (Å²) in [5.41, 5.74) is 0.699. The number of methoxy groups -OCH3 is 1. The first-order chi connectivity index (χ1) is 11.3. The van der Waals surface area contributed by atoms with Gasteiger partial charge in [-0.05, 0) is 38.1 Å².